The quantitative estimate of drug-likeness (QED) is 0.748. The fraction of sp³-hybridized carbons (Fsp3) is 0.286. The number of urea groups is 1. The van der Waals surface area contributed by atoms with E-state index in [0.29, 0.717) is 10.6 Å². The van der Waals surface area contributed by atoms with Crippen molar-refractivity contribution in [1.82, 2.24) is 15.4 Å². The van der Waals surface area contributed by atoms with Crippen LogP contribution < -0.4 is 10.6 Å². The number of imide groups is 1. The summed E-state index contributed by atoms with van der Waals surface area (Å²) in [4.78, 5) is 38.4. The molecule has 0 bridgehead atoms. The molecule has 1 unspecified atom stereocenters. The van der Waals surface area contributed by atoms with Gasteiger partial charge in [-0.25, -0.2) is 4.79 Å². The van der Waals surface area contributed by atoms with Gasteiger partial charge in [-0.3, -0.25) is 14.5 Å². The smallest absolute Gasteiger partial charge is 0.325 e. The maximum Gasteiger partial charge on any atom is 0.325 e. The van der Waals surface area contributed by atoms with E-state index in [1.807, 2.05) is 0 Å². The Kier molecular flexibility index (Phi) is 4.18. The maximum atomic E-state index is 12.7. The summed E-state index contributed by atoms with van der Waals surface area (Å²) in [5, 5.41) is 8.76. The predicted molar refractivity (Wildman–Crippen MR) is 89.5 cm³/mol. The van der Waals surface area contributed by atoms with Crippen LogP contribution in [0.5, 0.6) is 0 Å². The number of carbonyl (C=O) groups excluding carboxylic acids is 3. The first-order valence-corrected chi connectivity index (χ1v) is 8.53. The summed E-state index contributed by atoms with van der Waals surface area (Å²) in [7, 11) is 0. The fourth-order valence-corrected chi connectivity index (χ4v) is 3.82. The first-order chi connectivity index (χ1) is 11.3. The van der Waals surface area contributed by atoms with Crippen LogP contribution in [0.3, 0.4) is 0 Å². The Labute approximate surface area is 149 Å². The van der Waals surface area contributed by atoms with Gasteiger partial charge in [-0.1, -0.05) is 5.16 Å². The van der Waals surface area contributed by atoms with Gasteiger partial charge in [0.05, 0.1) is 3.79 Å². The molecule has 2 aromatic heterocycles. The zero-order valence-electron chi connectivity index (χ0n) is 12.8. The number of halogens is 1. The van der Waals surface area contributed by atoms with Crippen LogP contribution in [0.2, 0.25) is 0 Å². The van der Waals surface area contributed by atoms with Gasteiger partial charge in [0.15, 0.2) is 11.4 Å². The molecule has 2 N–H and O–H groups in total. The van der Waals surface area contributed by atoms with Crippen molar-refractivity contribution in [3.8, 4) is 0 Å². The van der Waals surface area contributed by atoms with Gasteiger partial charge >= 0.3 is 6.03 Å². The first kappa shape index (κ1) is 16.7. The van der Waals surface area contributed by atoms with E-state index in [4.69, 9.17) is 4.52 Å². The highest BCUT2D eigenvalue weighted by molar-refractivity contribution is 9.11. The molecule has 1 aliphatic heterocycles. The molecule has 0 saturated carbocycles. The van der Waals surface area contributed by atoms with Gasteiger partial charge < -0.3 is 15.2 Å². The lowest BCUT2D eigenvalue weighted by Gasteiger charge is -2.19. The Morgan fingerprint density at radius 1 is 1.50 bits per heavy atom. The molecule has 126 valence electrons. The second kappa shape index (κ2) is 6.02. The molecule has 4 amide bonds. The van der Waals surface area contributed by atoms with Crippen LogP contribution in [0.25, 0.3) is 0 Å². The number of nitrogens with zero attached hydrogens (tertiary/aromatic N) is 2. The van der Waals surface area contributed by atoms with Gasteiger partial charge in [0.2, 0.25) is 5.91 Å². The number of carbonyl (C=O) groups is 3. The largest absolute Gasteiger partial charge is 0.360 e. The third-order valence-electron chi connectivity index (χ3n) is 3.54. The normalized spacial score (nSPS) is 20.4. The van der Waals surface area contributed by atoms with Gasteiger partial charge in [-0.05, 0) is 41.9 Å². The molecule has 0 aromatic carbocycles. The first-order valence-electron chi connectivity index (χ1n) is 6.92. The molecule has 10 heteroatoms. The lowest BCUT2D eigenvalue weighted by molar-refractivity contribution is -0.133. The van der Waals surface area contributed by atoms with Crippen molar-refractivity contribution in [2.45, 2.75) is 19.4 Å². The zero-order chi connectivity index (χ0) is 17.5. The van der Waals surface area contributed by atoms with Crippen molar-refractivity contribution in [1.29, 1.82) is 0 Å². The molecule has 1 fully saturated rings. The number of amides is 4. The van der Waals surface area contributed by atoms with Gasteiger partial charge in [0.25, 0.3) is 5.91 Å². The number of aromatic nitrogens is 1. The summed E-state index contributed by atoms with van der Waals surface area (Å²) in [5.74, 6) is -0.248. The van der Waals surface area contributed by atoms with E-state index in [2.05, 4.69) is 31.7 Å². The van der Waals surface area contributed by atoms with Crippen molar-refractivity contribution < 1.29 is 18.9 Å². The SMILES string of the molecule is Cc1cc(NC(=O)CN2C(=O)NC(C)(c3ccc(Br)s3)C2=O)no1. The number of anilines is 1. The molecule has 3 heterocycles. The summed E-state index contributed by atoms with van der Waals surface area (Å²) in [6.45, 7) is 2.90. The minimum absolute atomic E-state index is 0.231. The van der Waals surface area contributed by atoms with Crippen molar-refractivity contribution in [3.63, 3.8) is 0 Å². The lowest BCUT2D eigenvalue weighted by Crippen LogP contribution is -2.41. The summed E-state index contributed by atoms with van der Waals surface area (Å²) in [5.41, 5.74) is -1.18. The number of hydrogen-bond donors (Lipinski definition) is 2. The highest BCUT2D eigenvalue weighted by Crippen LogP contribution is 2.35. The van der Waals surface area contributed by atoms with E-state index in [-0.39, 0.29) is 5.82 Å². The van der Waals surface area contributed by atoms with Crippen LogP contribution in [0.15, 0.2) is 26.5 Å². The van der Waals surface area contributed by atoms with Crippen LogP contribution in [-0.2, 0) is 15.1 Å². The number of rotatable bonds is 4. The van der Waals surface area contributed by atoms with E-state index in [1.54, 1.807) is 26.0 Å². The molecule has 3 rings (SSSR count). The topological polar surface area (TPSA) is 105 Å². The summed E-state index contributed by atoms with van der Waals surface area (Å²) >= 11 is 4.68. The van der Waals surface area contributed by atoms with Crippen LogP contribution in [0.4, 0.5) is 10.6 Å². The average molecular weight is 413 g/mol. The van der Waals surface area contributed by atoms with E-state index < -0.39 is 29.9 Å². The van der Waals surface area contributed by atoms with E-state index in [1.165, 1.54) is 17.4 Å². The Balaban J connectivity index is 1.73. The monoisotopic (exact) mass is 412 g/mol. The minimum atomic E-state index is -1.18. The molecule has 0 spiro atoms. The predicted octanol–water partition coefficient (Wildman–Crippen LogP) is 2.21. The van der Waals surface area contributed by atoms with Crippen LogP contribution >= 0.6 is 27.3 Å². The molecule has 0 aliphatic carbocycles. The van der Waals surface area contributed by atoms with Crippen molar-refractivity contribution in [3.05, 3.63) is 32.6 Å². The Bertz CT molecular complexity index is 832. The van der Waals surface area contributed by atoms with Crippen molar-refractivity contribution in [2.24, 2.45) is 0 Å². The van der Waals surface area contributed by atoms with Gasteiger partial charge in [-0.2, -0.15) is 0 Å². The molecular weight excluding hydrogens is 400 g/mol. The van der Waals surface area contributed by atoms with Crippen LogP contribution in [-0.4, -0.2) is 34.4 Å². The Morgan fingerprint density at radius 2 is 2.25 bits per heavy atom. The van der Waals surface area contributed by atoms with E-state index in [9.17, 15) is 14.4 Å². The van der Waals surface area contributed by atoms with Crippen molar-refractivity contribution >= 4 is 50.9 Å². The third-order valence-corrected chi connectivity index (χ3v) is 5.38. The van der Waals surface area contributed by atoms with Gasteiger partial charge in [-0.15, -0.1) is 11.3 Å². The standard InChI is InChI=1S/C14H13BrN4O4S/c1-7-5-10(18-23-7)16-11(20)6-19-12(21)14(2,17-13(19)22)8-3-4-9(15)24-8/h3-5H,6H2,1-2H3,(H,17,22)(H,16,18,20). The number of nitrogens with one attached hydrogen (secondary N) is 2. The summed E-state index contributed by atoms with van der Waals surface area (Å²) in [6, 6.07) is 4.48. The third kappa shape index (κ3) is 2.94. The Hall–Kier alpha value is -2.20. The summed E-state index contributed by atoms with van der Waals surface area (Å²) in [6.07, 6.45) is 0. The fourth-order valence-electron chi connectivity index (χ4n) is 2.34. The van der Waals surface area contributed by atoms with E-state index in [0.717, 1.165) is 8.69 Å². The number of hydrogen-bond acceptors (Lipinski definition) is 6. The molecule has 0 radical (unpaired) electrons. The van der Waals surface area contributed by atoms with Crippen LogP contribution in [0.1, 0.15) is 17.6 Å². The Morgan fingerprint density at radius 3 is 2.83 bits per heavy atom. The molecule has 1 aliphatic rings. The highest BCUT2D eigenvalue weighted by Gasteiger charge is 2.50. The maximum absolute atomic E-state index is 12.7. The molecule has 8 nitrogen and oxygen atoms in total. The highest BCUT2D eigenvalue weighted by atomic mass is 79.9. The number of thiophene rings is 1. The second-order valence-corrected chi connectivity index (χ2v) is 7.88. The molecule has 2 aromatic rings. The van der Waals surface area contributed by atoms with Gasteiger partial charge in [0, 0.05) is 10.9 Å². The molecule has 1 atom stereocenters. The summed E-state index contributed by atoms with van der Waals surface area (Å²) < 4.78 is 5.69. The zero-order valence-corrected chi connectivity index (χ0v) is 15.2. The minimum Gasteiger partial charge on any atom is -0.360 e. The van der Waals surface area contributed by atoms with E-state index >= 15 is 0 Å². The molecular formula is C14H13BrN4O4S. The number of aryl methyl sites for hydroxylation is 1. The van der Waals surface area contributed by atoms with Crippen molar-refractivity contribution in [2.75, 3.05) is 11.9 Å². The average Bonchev–Trinajstić information content (AvgIpc) is 3.17. The molecule has 24 heavy (non-hydrogen) atoms. The lowest BCUT2D eigenvalue weighted by atomic mass is 10.0. The second-order valence-electron chi connectivity index (χ2n) is 5.42. The van der Waals surface area contributed by atoms with Gasteiger partial charge in [0.1, 0.15) is 12.3 Å². The van der Waals surface area contributed by atoms with Crippen LogP contribution in [0, 0.1) is 6.92 Å². The molecule has 1 saturated heterocycles.